The van der Waals surface area contributed by atoms with E-state index in [9.17, 15) is 4.79 Å². The Labute approximate surface area is 156 Å². The largest absolute Gasteiger partial charge is 0.496 e. The third kappa shape index (κ3) is 3.88. The Morgan fingerprint density at radius 2 is 1.77 bits per heavy atom. The summed E-state index contributed by atoms with van der Waals surface area (Å²) in [5.74, 6) is 1.09. The van der Waals surface area contributed by atoms with Crippen molar-refractivity contribution in [2.24, 2.45) is 5.41 Å². The van der Waals surface area contributed by atoms with Crippen molar-refractivity contribution in [3.8, 4) is 5.75 Å². The van der Waals surface area contributed by atoms with Crippen LogP contribution in [-0.4, -0.2) is 38.4 Å². The average Bonchev–Trinajstić information content (AvgIpc) is 2.92. The molecular weight excluding hydrogens is 322 g/mol. The van der Waals surface area contributed by atoms with Crippen molar-refractivity contribution in [3.05, 3.63) is 71.3 Å². The zero-order valence-electron chi connectivity index (χ0n) is 15.9. The molecule has 0 N–H and O–H groups in total. The fraction of sp³-hybridized carbons (Fsp3) is 0.348. The number of hydrogen-bond acceptors (Lipinski definition) is 3. The molecule has 26 heavy (non-hydrogen) atoms. The lowest BCUT2D eigenvalue weighted by Crippen LogP contribution is -2.39. The summed E-state index contributed by atoms with van der Waals surface area (Å²) >= 11 is 0. The number of Topliss-reactive ketones (excluding diaryl/α,β-unsaturated/α-hetero) is 1. The van der Waals surface area contributed by atoms with E-state index in [1.807, 2.05) is 62.6 Å². The van der Waals surface area contributed by atoms with Gasteiger partial charge in [0.25, 0.3) is 0 Å². The van der Waals surface area contributed by atoms with Crippen molar-refractivity contribution in [1.82, 2.24) is 4.90 Å². The minimum absolute atomic E-state index is 0.279. The molecule has 3 heteroatoms. The number of carbonyl (C=O) groups excluding carboxylic acids is 1. The van der Waals surface area contributed by atoms with Gasteiger partial charge in [0, 0.05) is 12.1 Å². The summed E-state index contributed by atoms with van der Waals surface area (Å²) in [6.07, 6.45) is 4.51. The summed E-state index contributed by atoms with van der Waals surface area (Å²) in [7, 11) is 5.75. The third-order valence-corrected chi connectivity index (χ3v) is 5.12. The molecule has 2 aromatic carbocycles. The fourth-order valence-electron chi connectivity index (χ4n) is 4.02. The molecule has 2 aromatic rings. The Hall–Kier alpha value is -2.39. The third-order valence-electron chi connectivity index (χ3n) is 5.12. The Morgan fingerprint density at radius 1 is 1.08 bits per heavy atom. The molecule has 1 unspecified atom stereocenters. The Kier molecular flexibility index (Phi) is 5.58. The molecule has 1 aliphatic rings. The molecular formula is C23H27NO2. The lowest BCUT2D eigenvalue weighted by Gasteiger charge is -2.30. The van der Waals surface area contributed by atoms with Gasteiger partial charge in [-0.2, -0.15) is 0 Å². The van der Waals surface area contributed by atoms with E-state index in [-0.39, 0.29) is 11.2 Å². The molecule has 1 atom stereocenters. The van der Waals surface area contributed by atoms with Gasteiger partial charge in [-0.05, 0) is 56.6 Å². The number of ketones is 1. The van der Waals surface area contributed by atoms with Crippen LogP contribution in [-0.2, 0) is 11.2 Å². The van der Waals surface area contributed by atoms with E-state index in [1.165, 1.54) is 5.56 Å². The van der Waals surface area contributed by atoms with Gasteiger partial charge >= 0.3 is 0 Å². The maximum atomic E-state index is 13.4. The smallest absolute Gasteiger partial charge is 0.166 e. The number of rotatable bonds is 6. The summed E-state index contributed by atoms with van der Waals surface area (Å²) in [6.45, 7) is 0.768. The number of methoxy groups -OCH3 is 1. The van der Waals surface area contributed by atoms with E-state index in [0.29, 0.717) is 0 Å². The average molecular weight is 349 g/mol. The summed E-state index contributed by atoms with van der Waals surface area (Å²) in [5.41, 5.74) is 2.76. The summed E-state index contributed by atoms with van der Waals surface area (Å²) in [6, 6.07) is 18.2. The van der Waals surface area contributed by atoms with E-state index in [2.05, 4.69) is 17.0 Å². The highest BCUT2D eigenvalue weighted by Gasteiger charge is 2.45. The van der Waals surface area contributed by atoms with E-state index in [0.717, 1.165) is 42.7 Å². The second-order valence-corrected chi connectivity index (χ2v) is 7.42. The van der Waals surface area contributed by atoms with Crippen LogP contribution in [0.1, 0.15) is 24.0 Å². The molecule has 0 amide bonds. The second kappa shape index (κ2) is 7.88. The molecule has 0 aliphatic heterocycles. The van der Waals surface area contributed by atoms with Gasteiger partial charge < -0.3 is 9.64 Å². The van der Waals surface area contributed by atoms with Gasteiger partial charge in [-0.25, -0.2) is 0 Å². The highest BCUT2D eigenvalue weighted by molar-refractivity contribution is 6.06. The van der Waals surface area contributed by atoms with Crippen molar-refractivity contribution in [2.45, 2.75) is 19.3 Å². The molecule has 0 spiro atoms. The van der Waals surface area contributed by atoms with Crippen LogP contribution >= 0.6 is 0 Å². The maximum absolute atomic E-state index is 13.4. The Morgan fingerprint density at radius 3 is 2.46 bits per heavy atom. The minimum atomic E-state index is -0.349. The quantitative estimate of drug-likeness (QED) is 0.731. The molecule has 1 aliphatic carbocycles. The number of ether oxygens (including phenoxy) is 1. The molecule has 0 heterocycles. The highest BCUT2D eigenvalue weighted by Crippen LogP contribution is 2.42. The van der Waals surface area contributed by atoms with Crippen molar-refractivity contribution in [3.63, 3.8) is 0 Å². The first-order chi connectivity index (χ1) is 12.5. The van der Waals surface area contributed by atoms with Crippen molar-refractivity contribution in [2.75, 3.05) is 27.7 Å². The van der Waals surface area contributed by atoms with Crippen LogP contribution in [0.2, 0.25) is 0 Å². The lowest BCUT2D eigenvalue weighted by atomic mass is 9.78. The van der Waals surface area contributed by atoms with E-state index >= 15 is 0 Å². The van der Waals surface area contributed by atoms with Crippen molar-refractivity contribution < 1.29 is 9.53 Å². The minimum Gasteiger partial charge on any atom is -0.496 e. The van der Waals surface area contributed by atoms with Crippen molar-refractivity contribution in [1.29, 1.82) is 0 Å². The topological polar surface area (TPSA) is 29.5 Å². The van der Waals surface area contributed by atoms with Crippen LogP contribution in [0.5, 0.6) is 5.75 Å². The number of allylic oxidation sites excluding steroid dienone is 1. The first kappa shape index (κ1) is 18.4. The summed E-state index contributed by atoms with van der Waals surface area (Å²) < 4.78 is 5.44. The SMILES string of the molecule is COc1ccccc1C=C1CCC(Cc2ccccc2)(CN(C)C)C1=O. The van der Waals surface area contributed by atoms with Gasteiger partial charge in [0.2, 0.25) is 0 Å². The standard InChI is InChI=1S/C23H27NO2/c1-24(2)17-23(16-18-9-5-4-6-10-18)14-13-20(22(23)25)15-19-11-7-8-12-21(19)26-3/h4-12,15H,13-14,16-17H2,1-3H3. The van der Waals surface area contributed by atoms with Crippen LogP contribution in [0.15, 0.2) is 60.2 Å². The predicted molar refractivity (Wildman–Crippen MR) is 106 cm³/mol. The highest BCUT2D eigenvalue weighted by atomic mass is 16.5. The Balaban J connectivity index is 1.93. The summed E-state index contributed by atoms with van der Waals surface area (Å²) in [5, 5.41) is 0. The number of hydrogen-bond donors (Lipinski definition) is 0. The number of carbonyl (C=O) groups is 1. The van der Waals surface area contributed by atoms with Gasteiger partial charge in [-0.15, -0.1) is 0 Å². The van der Waals surface area contributed by atoms with Crippen LogP contribution in [0.25, 0.3) is 6.08 Å². The maximum Gasteiger partial charge on any atom is 0.166 e. The molecule has 0 radical (unpaired) electrons. The summed E-state index contributed by atoms with van der Waals surface area (Å²) in [4.78, 5) is 15.6. The van der Waals surface area contributed by atoms with Crippen LogP contribution in [0, 0.1) is 5.41 Å². The van der Waals surface area contributed by atoms with Gasteiger partial charge in [0.15, 0.2) is 5.78 Å². The van der Waals surface area contributed by atoms with E-state index < -0.39 is 0 Å². The van der Waals surface area contributed by atoms with Crippen LogP contribution < -0.4 is 4.74 Å². The van der Waals surface area contributed by atoms with Gasteiger partial charge in [0.1, 0.15) is 5.75 Å². The second-order valence-electron chi connectivity index (χ2n) is 7.42. The van der Waals surface area contributed by atoms with Gasteiger partial charge in [-0.1, -0.05) is 48.5 Å². The number of benzene rings is 2. The van der Waals surface area contributed by atoms with Gasteiger partial charge in [-0.3, -0.25) is 4.79 Å². The van der Waals surface area contributed by atoms with E-state index in [4.69, 9.17) is 4.74 Å². The molecule has 1 fully saturated rings. The Bertz CT molecular complexity index is 795. The first-order valence-electron chi connectivity index (χ1n) is 9.11. The zero-order valence-corrected chi connectivity index (χ0v) is 15.9. The molecule has 3 rings (SSSR count). The molecule has 136 valence electrons. The normalized spacial score (nSPS) is 21.5. The van der Waals surface area contributed by atoms with Crippen LogP contribution in [0.4, 0.5) is 0 Å². The van der Waals surface area contributed by atoms with Gasteiger partial charge in [0.05, 0.1) is 12.5 Å². The fourth-order valence-corrected chi connectivity index (χ4v) is 4.02. The molecule has 0 bridgehead atoms. The number of nitrogens with zero attached hydrogens (tertiary/aromatic N) is 1. The lowest BCUT2D eigenvalue weighted by molar-refractivity contribution is -0.123. The zero-order chi connectivity index (χ0) is 18.6. The molecule has 0 saturated heterocycles. The molecule has 1 saturated carbocycles. The monoisotopic (exact) mass is 349 g/mol. The molecule has 0 aromatic heterocycles. The number of para-hydroxylation sites is 1. The first-order valence-corrected chi connectivity index (χ1v) is 9.11. The predicted octanol–water partition coefficient (Wildman–Crippen LogP) is 4.23. The molecule has 3 nitrogen and oxygen atoms in total. The van der Waals surface area contributed by atoms with Crippen LogP contribution in [0.3, 0.4) is 0 Å². The van der Waals surface area contributed by atoms with Crippen molar-refractivity contribution >= 4 is 11.9 Å². The van der Waals surface area contributed by atoms with E-state index in [1.54, 1.807) is 7.11 Å².